The van der Waals surface area contributed by atoms with E-state index in [1.807, 2.05) is 0 Å². The smallest absolute Gasteiger partial charge is 0.201 e. The first-order valence-corrected chi connectivity index (χ1v) is 33.7. The molecule has 0 saturated heterocycles. The molecule has 492 valence electrons. The van der Waals surface area contributed by atoms with E-state index < -0.39 is 0 Å². The standard InChI is InChI=1S/6C15H18N/c1-11-5-7-13(3)14(9-11)15-8-6-12(2)10-16(15)4;1-11-5-6-14(13(3)9-11)15-10-12(2)7-8-16(15)4;1-11-5-6-13(3)14(9-11)15-10-12(2)7-8-16(15)4;1-11-8-9-16(4)15(10-11)14-7-5-6-12(2)13(14)3;1-11-8-9-16(4)14(10-11)15-12(2)6-5-7-13(15)3;1-11-8-9-14(16(4)10-11)15-12(2)6-5-7-13(15)3/h6*5-10H,1-4H3/q6*+1. The summed E-state index contributed by atoms with van der Waals surface area (Å²) >= 11 is 0. The molecule has 12 aromatic rings. The Labute approximate surface area is 577 Å². The summed E-state index contributed by atoms with van der Waals surface area (Å²) in [4.78, 5) is 0. The van der Waals surface area contributed by atoms with Crippen molar-refractivity contribution in [3.63, 3.8) is 0 Å². The Morgan fingerprint density at radius 2 is 0.500 bits per heavy atom. The molecular weight excluding hydrogens is 1170 g/mol. The summed E-state index contributed by atoms with van der Waals surface area (Å²) in [6.45, 7) is 38.7. The van der Waals surface area contributed by atoms with E-state index >= 15 is 0 Å². The molecule has 0 spiro atoms. The van der Waals surface area contributed by atoms with E-state index in [4.69, 9.17) is 0 Å². The molecule has 6 aromatic carbocycles. The number of nitrogens with zero attached hydrogens (tertiary/aromatic N) is 6. The molecular formula is C90H108N6+6. The van der Waals surface area contributed by atoms with Gasteiger partial charge in [-0.3, -0.25) is 0 Å². The lowest BCUT2D eigenvalue weighted by Crippen LogP contribution is -2.31. The van der Waals surface area contributed by atoms with E-state index in [0.717, 1.165) is 0 Å². The van der Waals surface area contributed by atoms with Crippen LogP contribution in [-0.4, -0.2) is 0 Å². The Kier molecular flexibility index (Phi) is 25.7. The largest absolute Gasteiger partial charge is 0.213 e. The predicted molar refractivity (Wildman–Crippen MR) is 404 cm³/mol. The number of hydrogen-bond donors (Lipinski definition) is 0. The van der Waals surface area contributed by atoms with Gasteiger partial charge in [0.1, 0.15) is 42.3 Å². The van der Waals surface area contributed by atoms with E-state index in [-0.39, 0.29) is 0 Å². The van der Waals surface area contributed by atoms with E-state index in [1.54, 1.807) is 0 Å². The highest BCUT2D eigenvalue weighted by Gasteiger charge is 2.19. The third-order valence-electron chi connectivity index (χ3n) is 18.1. The van der Waals surface area contributed by atoms with Crippen LogP contribution in [0.4, 0.5) is 0 Å². The van der Waals surface area contributed by atoms with Crippen molar-refractivity contribution < 1.29 is 27.4 Å². The van der Waals surface area contributed by atoms with E-state index in [2.05, 4.69) is 413 Å². The summed E-state index contributed by atoms with van der Waals surface area (Å²) < 4.78 is 13.1. The molecule has 6 heterocycles. The quantitative estimate of drug-likeness (QED) is 0.148. The number of rotatable bonds is 6. The number of pyridine rings is 6. The summed E-state index contributed by atoms with van der Waals surface area (Å²) in [6.07, 6.45) is 12.8. The predicted octanol–water partition coefficient (Wildman–Crippen LogP) is 18.6. The van der Waals surface area contributed by atoms with Gasteiger partial charge in [-0.15, -0.1) is 0 Å². The van der Waals surface area contributed by atoms with Gasteiger partial charge in [0.2, 0.25) is 34.2 Å². The molecule has 6 heteroatoms. The fourth-order valence-electron chi connectivity index (χ4n) is 12.4. The zero-order valence-electron chi connectivity index (χ0n) is 62.5. The lowest BCUT2D eigenvalue weighted by atomic mass is 9.98. The molecule has 0 saturated carbocycles. The van der Waals surface area contributed by atoms with E-state index in [1.165, 1.54) is 168 Å². The zero-order valence-corrected chi connectivity index (χ0v) is 62.5. The highest BCUT2D eigenvalue weighted by molar-refractivity contribution is 5.68. The first-order chi connectivity index (χ1) is 45.5. The van der Waals surface area contributed by atoms with Gasteiger partial charge in [0.25, 0.3) is 0 Å². The van der Waals surface area contributed by atoms with Crippen LogP contribution in [-0.2, 0) is 42.3 Å². The van der Waals surface area contributed by atoms with Gasteiger partial charge in [-0.1, -0.05) is 102 Å². The van der Waals surface area contributed by atoms with Crippen LogP contribution >= 0.6 is 0 Å². The third kappa shape index (κ3) is 19.4. The van der Waals surface area contributed by atoms with Gasteiger partial charge in [0.15, 0.2) is 37.2 Å². The number of benzene rings is 6. The number of aryl methyl sites for hydroxylation is 23. The highest BCUT2D eigenvalue weighted by atomic mass is 14.9. The molecule has 0 unspecified atom stereocenters. The maximum Gasteiger partial charge on any atom is 0.213 e. The summed E-state index contributed by atoms with van der Waals surface area (Å²) in [5, 5.41) is 0. The lowest BCUT2D eigenvalue weighted by molar-refractivity contribution is -0.660. The molecule has 6 nitrogen and oxygen atoms in total. The first kappa shape index (κ1) is 73.6. The van der Waals surface area contributed by atoms with Crippen LogP contribution in [0.5, 0.6) is 0 Å². The molecule has 12 rings (SSSR count). The third-order valence-corrected chi connectivity index (χ3v) is 18.1. The maximum absolute atomic E-state index is 2.25. The van der Waals surface area contributed by atoms with Gasteiger partial charge in [0, 0.05) is 94.0 Å². The second-order valence-corrected chi connectivity index (χ2v) is 26.9. The number of aromatic nitrogens is 6. The lowest BCUT2D eigenvalue weighted by Gasteiger charge is -2.08. The molecule has 6 aromatic heterocycles. The minimum atomic E-state index is 1.27. The van der Waals surface area contributed by atoms with E-state index in [9.17, 15) is 0 Å². The minimum absolute atomic E-state index is 1.27. The molecule has 0 aliphatic heterocycles. The van der Waals surface area contributed by atoms with Crippen molar-refractivity contribution in [2.24, 2.45) is 42.3 Å². The zero-order chi connectivity index (χ0) is 70.2. The summed E-state index contributed by atoms with van der Waals surface area (Å²) in [7, 11) is 12.6. The van der Waals surface area contributed by atoms with Crippen LogP contribution < -0.4 is 27.4 Å². The summed E-state index contributed by atoms with van der Waals surface area (Å²) in [5.74, 6) is 0. The van der Waals surface area contributed by atoms with Crippen molar-refractivity contribution in [1.82, 2.24) is 0 Å². The van der Waals surface area contributed by atoms with Crippen molar-refractivity contribution in [3.05, 3.63) is 319 Å². The van der Waals surface area contributed by atoms with Gasteiger partial charge in [0.05, 0.1) is 11.1 Å². The Hall–Kier alpha value is -9.78. The van der Waals surface area contributed by atoms with Gasteiger partial charge >= 0.3 is 0 Å². The summed E-state index contributed by atoms with van der Waals surface area (Å²) in [6, 6.07) is 65.4. The second kappa shape index (κ2) is 33.6. The number of hydrogen-bond acceptors (Lipinski definition) is 0. The molecule has 0 bridgehead atoms. The Bertz CT molecular complexity index is 4440. The van der Waals surface area contributed by atoms with Crippen LogP contribution in [0.2, 0.25) is 0 Å². The molecule has 96 heavy (non-hydrogen) atoms. The van der Waals surface area contributed by atoms with Crippen LogP contribution in [0.1, 0.15) is 100 Å². The van der Waals surface area contributed by atoms with Gasteiger partial charge in [-0.25, -0.2) is 27.4 Å². The van der Waals surface area contributed by atoms with Crippen LogP contribution in [0.25, 0.3) is 67.5 Å². The second-order valence-electron chi connectivity index (χ2n) is 26.9. The average Bonchev–Trinajstić information content (AvgIpc) is 0.874. The van der Waals surface area contributed by atoms with Crippen LogP contribution in [0, 0.1) is 125 Å². The first-order valence-electron chi connectivity index (χ1n) is 33.7. The Morgan fingerprint density at radius 3 is 0.927 bits per heavy atom. The molecule has 0 radical (unpaired) electrons. The molecule has 0 aliphatic carbocycles. The van der Waals surface area contributed by atoms with Gasteiger partial charge < -0.3 is 0 Å². The van der Waals surface area contributed by atoms with Crippen molar-refractivity contribution in [2.45, 2.75) is 125 Å². The van der Waals surface area contributed by atoms with Crippen molar-refractivity contribution in [1.29, 1.82) is 0 Å². The minimum Gasteiger partial charge on any atom is -0.201 e. The SMILES string of the molecule is Cc1cc[n+](C)c(-c2c(C)cccc2C)c1.Cc1cc[n+](C)c(-c2cccc(C)c2C)c1.Cc1ccc(-c2c(C)cccc2C)[n+](C)c1.Cc1ccc(-c2cc(C)cc[n+]2C)c(C)c1.Cc1ccc(C)c(-c2cc(C)cc[n+]2C)c1.Cc1ccc(C)c(-c2ccc(C)c[n+]2C)c1. The molecule has 0 amide bonds. The molecule has 0 atom stereocenters. The average molecular weight is 1270 g/mol. The Morgan fingerprint density at radius 1 is 0.188 bits per heavy atom. The normalized spacial score (nSPS) is 10.5. The monoisotopic (exact) mass is 1270 g/mol. The Balaban J connectivity index is 0.000000163. The van der Waals surface area contributed by atoms with Crippen LogP contribution in [0.15, 0.2) is 219 Å². The fraction of sp³-hybridized carbons (Fsp3) is 0.267. The molecule has 0 aliphatic rings. The maximum atomic E-state index is 2.25. The topological polar surface area (TPSA) is 23.3 Å². The van der Waals surface area contributed by atoms with Crippen molar-refractivity contribution in [3.8, 4) is 67.5 Å². The van der Waals surface area contributed by atoms with Crippen molar-refractivity contribution >= 4 is 0 Å². The molecule has 0 fully saturated rings. The molecule has 0 N–H and O–H groups in total. The van der Waals surface area contributed by atoms with Gasteiger partial charge in [-0.2, -0.15) is 0 Å². The van der Waals surface area contributed by atoms with Gasteiger partial charge in [-0.05, 0) is 233 Å². The fourth-order valence-corrected chi connectivity index (χ4v) is 12.4. The van der Waals surface area contributed by atoms with Crippen LogP contribution in [0.3, 0.4) is 0 Å². The van der Waals surface area contributed by atoms with E-state index in [0.29, 0.717) is 0 Å². The summed E-state index contributed by atoms with van der Waals surface area (Å²) in [5.41, 5.74) is 39.4. The highest BCUT2D eigenvalue weighted by Crippen LogP contribution is 2.29. The van der Waals surface area contributed by atoms with Crippen molar-refractivity contribution in [2.75, 3.05) is 0 Å².